The van der Waals surface area contributed by atoms with Crippen molar-refractivity contribution in [2.45, 2.75) is 0 Å². The molecule has 0 fully saturated rings. The molecule has 0 amide bonds. The summed E-state index contributed by atoms with van der Waals surface area (Å²) in [4.78, 5) is 7.87. The van der Waals surface area contributed by atoms with Gasteiger partial charge in [-0.1, -0.05) is 30.8 Å². The molecule has 1 heterocycles. The van der Waals surface area contributed by atoms with Crippen LogP contribution in [0.4, 0.5) is 0 Å². The van der Waals surface area contributed by atoms with Gasteiger partial charge in [0.15, 0.2) is 0 Å². The second-order valence-electron chi connectivity index (χ2n) is 2.67. The molecule has 0 atom stereocenters. The summed E-state index contributed by atoms with van der Waals surface area (Å²) in [6.45, 7) is 7.37. The van der Waals surface area contributed by atoms with Crippen LogP contribution in [0.2, 0.25) is 5.15 Å². The molecule has 0 aliphatic heterocycles. The molecule has 78 valence electrons. The minimum atomic E-state index is 0.374. The molecule has 1 rings (SSSR count). The van der Waals surface area contributed by atoms with E-state index in [-0.39, 0.29) is 0 Å². The second kappa shape index (κ2) is 5.32. The van der Waals surface area contributed by atoms with E-state index in [1.165, 1.54) is 6.33 Å². The molecule has 15 heavy (non-hydrogen) atoms. The topological polar surface area (TPSA) is 35.0 Å². The molecule has 0 aliphatic carbocycles. The van der Waals surface area contributed by atoms with Crippen LogP contribution in [0.15, 0.2) is 43.5 Å². The largest absolute Gasteiger partial charge is 0.497 e. The predicted molar refractivity (Wildman–Crippen MR) is 61.4 cm³/mol. The number of nitrogens with zero attached hydrogens (tertiary/aromatic N) is 2. The Kier molecular flexibility index (Phi) is 4.06. The Bertz CT molecular complexity index is 413. The predicted octanol–water partition coefficient (Wildman–Crippen LogP) is 2.86. The highest BCUT2D eigenvalue weighted by Crippen LogP contribution is 2.21. The molecular formula is C11H11ClN2O. The van der Waals surface area contributed by atoms with Gasteiger partial charge in [0.2, 0.25) is 0 Å². The van der Waals surface area contributed by atoms with Gasteiger partial charge in [0.25, 0.3) is 0 Å². The van der Waals surface area contributed by atoms with Crippen molar-refractivity contribution in [3.63, 3.8) is 0 Å². The van der Waals surface area contributed by atoms with Crippen LogP contribution >= 0.6 is 11.6 Å². The van der Waals surface area contributed by atoms with Crippen LogP contribution in [0.25, 0.3) is 5.57 Å². The summed E-state index contributed by atoms with van der Waals surface area (Å²) < 4.78 is 5.05. The molecule has 3 nitrogen and oxygen atoms in total. The van der Waals surface area contributed by atoms with Gasteiger partial charge >= 0.3 is 0 Å². The van der Waals surface area contributed by atoms with Crippen molar-refractivity contribution in [2.24, 2.45) is 0 Å². The van der Waals surface area contributed by atoms with Gasteiger partial charge in [-0.2, -0.15) is 0 Å². The average molecular weight is 223 g/mol. The van der Waals surface area contributed by atoms with Crippen LogP contribution in [0.5, 0.6) is 0 Å². The van der Waals surface area contributed by atoms with Gasteiger partial charge in [0.05, 0.1) is 12.8 Å². The van der Waals surface area contributed by atoms with Crippen LogP contribution in [0.3, 0.4) is 0 Å². The molecule has 0 saturated heterocycles. The first-order valence-electron chi connectivity index (χ1n) is 4.23. The summed E-state index contributed by atoms with van der Waals surface area (Å²) in [6.07, 6.45) is 4.78. The third kappa shape index (κ3) is 2.92. The standard InChI is InChI=1S/C11H11ClN2O/c1-4-5-9(8(2)15-3)10-6-11(12)14-7-13-10/h4-7H,1-2H2,3H3/b9-5+. The van der Waals surface area contributed by atoms with Crippen molar-refractivity contribution in [3.05, 3.63) is 54.3 Å². The third-order valence-corrected chi connectivity index (χ3v) is 1.95. The van der Waals surface area contributed by atoms with Crippen LogP contribution in [0.1, 0.15) is 5.69 Å². The Hall–Kier alpha value is -1.61. The fraction of sp³-hybridized carbons (Fsp3) is 0.0909. The fourth-order valence-electron chi connectivity index (χ4n) is 1.03. The monoisotopic (exact) mass is 222 g/mol. The molecule has 0 aromatic carbocycles. The van der Waals surface area contributed by atoms with Crippen LogP contribution in [-0.4, -0.2) is 17.1 Å². The van der Waals surface area contributed by atoms with E-state index >= 15 is 0 Å². The lowest BCUT2D eigenvalue weighted by Gasteiger charge is -2.08. The van der Waals surface area contributed by atoms with Gasteiger partial charge in [-0.3, -0.25) is 0 Å². The number of halogens is 1. The Balaban J connectivity index is 3.16. The molecule has 1 aromatic heterocycles. The lowest BCUT2D eigenvalue weighted by atomic mass is 10.1. The Morgan fingerprint density at radius 1 is 1.53 bits per heavy atom. The first kappa shape index (κ1) is 11.5. The van der Waals surface area contributed by atoms with Gasteiger partial charge in [0, 0.05) is 11.6 Å². The van der Waals surface area contributed by atoms with Crippen molar-refractivity contribution in [1.29, 1.82) is 0 Å². The number of hydrogen-bond acceptors (Lipinski definition) is 3. The maximum atomic E-state index is 5.76. The summed E-state index contributed by atoms with van der Waals surface area (Å²) >= 11 is 5.76. The van der Waals surface area contributed by atoms with Gasteiger partial charge < -0.3 is 4.74 Å². The van der Waals surface area contributed by atoms with Gasteiger partial charge in [-0.15, -0.1) is 0 Å². The van der Waals surface area contributed by atoms with Crippen molar-refractivity contribution in [1.82, 2.24) is 9.97 Å². The van der Waals surface area contributed by atoms with Gasteiger partial charge in [0.1, 0.15) is 17.2 Å². The lowest BCUT2D eigenvalue weighted by Crippen LogP contribution is -1.95. The van der Waals surface area contributed by atoms with Crippen molar-refractivity contribution in [3.8, 4) is 0 Å². The number of allylic oxidation sites excluding steroid dienone is 3. The smallest absolute Gasteiger partial charge is 0.133 e. The normalized spacial score (nSPS) is 10.9. The Morgan fingerprint density at radius 3 is 2.80 bits per heavy atom. The fourth-order valence-corrected chi connectivity index (χ4v) is 1.18. The average Bonchev–Trinajstić information content (AvgIpc) is 2.25. The molecule has 0 aliphatic rings. The van der Waals surface area contributed by atoms with Crippen LogP contribution in [-0.2, 0) is 4.74 Å². The van der Waals surface area contributed by atoms with E-state index in [1.807, 2.05) is 0 Å². The maximum absolute atomic E-state index is 5.76. The van der Waals surface area contributed by atoms with E-state index in [0.29, 0.717) is 16.6 Å². The second-order valence-corrected chi connectivity index (χ2v) is 3.06. The number of rotatable bonds is 4. The number of ether oxygens (including phenoxy) is 1. The van der Waals surface area contributed by atoms with Crippen LogP contribution < -0.4 is 0 Å². The van der Waals surface area contributed by atoms with E-state index < -0.39 is 0 Å². The molecule has 0 spiro atoms. The summed E-state index contributed by atoms with van der Waals surface area (Å²) in [6, 6.07) is 1.64. The van der Waals surface area contributed by atoms with Crippen molar-refractivity contribution in [2.75, 3.05) is 7.11 Å². The van der Waals surface area contributed by atoms with E-state index in [2.05, 4.69) is 23.1 Å². The first-order chi connectivity index (χ1) is 7.19. The Morgan fingerprint density at radius 2 is 2.27 bits per heavy atom. The number of methoxy groups -OCH3 is 1. The van der Waals surface area contributed by atoms with Gasteiger partial charge in [-0.05, 0) is 6.08 Å². The minimum Gasteiger partial charge on any atom is -0.497 e. The zero-order valence-corrected chi connectivity index (χ0v) is 9.16. The third-order valence-electron chi connectivity index (χ3n) is 1.74. The zero-order chi connectivity index (χ0) is 11.3. The first-order valence-corrected chi connectivity index (χ1v) is 4.60. The van der Waals surface area contributed by atoms with E-state index in [4.69, 9.17) is 16.3 Å². The SMILES string of the molecule is C=C/C=C(\C(=C)OC)c1cc(Cl)ncn1. The summed E-state index contributed by atoms with van der Waals surface area (Å²) in [7, 11) is 1.54. The molecular weight excluding hydrogens is 212 g/mol. The summed E-state index contributed by atoms with van der Waals surface area (Å²) in [5.41, 5.74) is 1.39. The number of hydrogen-bond donors (Lipinski definition) is 0. The van der Waals surface area contributed by atoms with E-state index in [0.717, 1.165) is 5.57 Å². The van der Waals surface area contributed by atoms with Crippen molar-refractivity contribution >= 4 is 17.2 Å². The van der Waals surface area contributed by atoms with E-state index in [1.54, 1.807) is 25.3 Å². The molecule has 0 saturated carbocycles. The zero-order valence-electron chi connectivity index (χ0n) is 8.40. The summed E-state index contributed by atoms with van der Waals surface area (Å²) in [5.74, 6) is 0.504. The molecule has 0 radical (unpaired) electrons. The van der Waals surface area contributed by atoms with Crippen LogP contribution in [0, 0.1) is 0 Å². The maximum Gasteiger partial charge on any atom is 0.133 e. The Labute approximate surface area is 93.8 Å². The highest BCUT2D eigenvalue weighted by molar-refractivity contribution is 6.29. The van der Waals surface area contributed by atoms with Crippen molar-refractivity contribution < 1.29 is 4.74 Å². The minimum absolute atomic E-state index is 0.374. The highest BCUT2D eigenvalue weighted by atomic mass is 35.5. The molecule has 4 heteroatoms. The quantitative estimate of drug-likeness (QED) is 0.446. The number of aromatic nitrogens is 2. The van der Waals surface area contributed by atoms with E-state index in [9.17, 15) is 0 Å². The highest BCUT2D eigenvalue weighted by Gasteiger charge is 2.07. The lowest BCUT2D eigenvalue weighted by molar-refractivity contribution is 0.312. The molecule has 0 bridgehead atoms. The molecule has 0 unspecified atom stereocenters. The van der Waals surface area contributed by atoms with Gasteiger partial charge in [-0.25, -0.2) is 9.97 Å². The molecule has 0 N–H and O–H groups in total. The summed E-state index contributed by atoms with van der Waals surface area (Å²) in [5, 5.41) is 0.374. The molecule has 1 aromatic rings.